The largest absolute Gasteiger partial charge is 0.494 e. The molecule has 1 aliphatic rings. The van der Waals surface area contributed by atoms with Crippen LogP contribution in [0, 0.1) is 0 Å². The predicted molar refractivity (Wildman–Crippen MR) is 76.4 cm³/mol. The van der Waals surface area contributed by atoms with E-state index in [1.54, 1.807) is 0 Å². The number of aliphatic hydroxyl groups is 1. The smallest absolute Gasteiger partial charge is 0.119 e. The summed E-state index contributed by atoms with van der Waals surface area (Å²) in [7, 11) is 0. The molecule has 20 heavy (non-hydrogen) atoms. The lowest BCUT2D eigenvalue weighted by Crippen LogP contribution is -2.42. The third-order valence-corrected chi connectivity index (χ3v) is 3.15. The number of nitrogens with zero attached hydrogens (tertiary/aromatic N) is 1. The Bertz CT molecular complexity index is 376. The maximum Gasteiger partial charge on any atom is 0.119 e. The first-order valence-corrected chi connectivity index (χ1v) is 7.11. The van der Waals surface area contributed by atoms with Gasteiger partial charge in [-0.3, -0.25) is 4.90 Å². The molecule has 1 saturated heterocycles. The molecule has 0 amide bonds. The zero-order chi connectivity index (χ0) is 14.2. The van der Waals surface area contributed by atoms with Crippen LogP contribution in [0.4, 0.5) is 0 Å². The fourth-order valence-electron chi connectivity index (χ4n) is 2.13. The van der Waals surface area contributed by atoms with Crippen molar-refractivity contribution in [2.45, 2.75) is 13.0 Å². The van der Waals surface area contributed by atoms with Gasteiger partial charge in [0.05, 0.1) is 19.8 Å². The highest BCUT2D eigenvalue weighted by Crippen LogP contribution is 2.17. The minimum atomic E-state index is -0.486. The number of benzene rings is 1. The number of aliphatic hydroxyl groups excluding tert-OH is 1. The number of ether oxygens (including phenoxy) is 3. The fraction of sp³-hybridized carbons (Fsp3) is 0.600. The van der Waals surface area contributed by atoms with E-state index < -0.39 is 6.10 Å². The summed E-state index contributed by atoms with van der Waals surface area (Å²) in [6.45, 7) is 6.76. The normalized spacial score (nSPS) is 17.7. The Morgan fingerprint density at radius 1 is 1.15 bits per heavy atom. The van der Waals surface area contributed by atoms with Gasteiger partial charge in [-0.2, -0.15) is 0 Å². The molecule has 0 radical (unpaired) electrons. The van der Waals surface area contributed by atoms with Crippen molar-refractivity contribution in [3.8, 4) is 11.5 Å². The molecule has 5 nitrogen and oxygen atoms in total. The molecule has 2 rings (SSSR count). The molecule has 0 unspecified atom stereocenters. The van der Waals surface area contributed by atoms with Crippen molar-refractivity contribution in [1.82, 2.24) is 4.90 Å². The lowest BCUT2D eigenvalue weighted by atomic mass is 10.3. The van der Waals surface area contributed by atoms with Crippen molar-refractivity contribution in [1.29, 1.82) is 0 Å². The van der Waals surface area contributed by atoms with Crippen molar-refractivity contribution >= 4 is 0 Å². The van der Waals surface area contributed by atoms with E-state index in [-0.39, 0.29) is 0 Å². The molecule has 1 fully saturated rings. The van der Waals surface area contributed by atoms with E-state index in [2.05, 4.69) is 4.90 Å². The highest BCUT2D eigenvalue weighted by molar-refractivity contribution is 5.31. The molecule has 1 aromatic rings. The van der Waals surface area contributed by atoms with Crippen molar-refractivity contribution in [2.75, 3.05) is 46.1 Å². The average molecular weight is 281 g/mol. The van der Waals surface area contributed by atoms with Gasteiger partial charge in [-0.25, -0.2) is 0 Å². The minimum Gasteiger partial charge on any atom is -0.494 e. The first-order chi connectivity index (χ1) is 9.78. The van der Waals surface area contributed by atoms with Gasteiger partial charge in [0.2, 0.25) is 0 Å². The van der Waals surface area contributed by atoms with Gasteiger partial charge in [0.15, 0.2) is 0 Å². The number of β-amino-alcohol motifs (C(OH)–C–C–N with tert-alkyl or cyclic N) is 1. The van der Waals surface area contributed by atoms with Crippen LogP contribution in [0.1, 0.15) is 6.92 Å². The first kappa shape index (κ1) is 15.1. The third-order valence-electron chi connectivity index (χ3n) is 3.15. The average Bonchev–Trinajstić information content (AvgIpc) is 2.48. The molecular formula is C15H23NO4. The zero-order valence-electron chi connectivity index (χ0n) is 12.0. The molecule has 112 valence electrons. The van der Waals surface area contributed by atoms with E-state index in [1.165, 1.54) is 0 Å². The first-order valence-electron chi connectivity index (χ1n) is 7.11. The summed E-state index contributed by atoms with van der Waals surface area (Å²) in [5, 5.41) is 9.97. The number of rotatable bonds is 7. The van der Waals surface area contributed by atoms with Gasteiger partial charge in [0, 0.05) is 19.6 Å². The van der Waals surface area contributed by atoms with Crippen molar-refractivity contribution < 1.29 is 19.3 Å². The van der Waals surface area contributed by atoms with Crippen LogP contribution in [0.5, 0.6) is 11.5 Å². The van der Waals surface area contributed by atoms with E-state index >= 15 is 0 Å². The van der Waals surface area contributed by atoms with E-state index in [9.17, 15) is 5.11 Å². The van der Waals surface area contributed by atoms with E-state index in [1.807, 2.05) is 31.2 Å². The molecule has 0 aromatic heterocycles. The second-order valence-electron chi connectivity index (χ2n) is 4.78. The number of morpholine rings is 1. The number of hydrogen-bond donors (Lipinski definition) is 1. The van der Waals surface area contributed by atoms with Crippen molar-refractivity contribution in [2.24, 2.45) is 0 Å². The lowest BCUT2D eigenvalue weighted by molar-refractivity contribution is 0.00465. The second-order valence-corrected chi connectivity index (χ2v) is 4.78. The summed E-state index contributed by atoms with van der Waals surface area (Å²) in [6.07, 6.45) is -0.486. The summed E-state index contributed by atoms with van der Waals surface area (Å²) in [4.78, 5) is 2.19. The Balaban J connectivity index is 1.70. The quantitative estimate of drug-likeness (QED) is 0.813. The maximum atomic E-state index is 9.97. The van der Waals surface area contributed by atoms with Crippen LogP contribution in [0.2, 0.25) is 0 Å². The monoisotopic (exact) mass is 281 g/mol. The maximum absolute atomic E-state index is 9.97. The van der Waals surface area contributed by atoms with E-state index in [0.717, 1.165) is 37.8 Å². The Hall–Kier alpha value is -1.30. The van der Waals surface area contributed by atoms with Crippen LogP contribution >= 0.6 is 0 Å². The van der Waals surface area contributed by atoms with Gasteiger partial charge in [-0.1, -0.05) is 0 Å². The van der Waals surface area contributed by atoms with E-state index in [0.29, 0.717) is 19.8 Å². The van der Waals surface area contributed by atoms with Gasteiger partial charge in [-0.15, -0.1) is 0 Å². The van der Waals surface area contributed by atoms with Crippen LogP contribution in [0.25, 0.3) is 0 Å². The minimum absolute atomic E-state index is 0.297. The standard InChI is InChI=1S/C15H23NO4/c1-2-19-14-3-5-15(6-4-14)20-12-13(17)11-16-7-9-18-10-8-16/h3-6,13,17H,2,7-12H2,1H3/t13-/m0/s1. The van der Waals surface area contributed by atoms with Gasteiger partial charge < -0.3 is 19.3 Å². The van der Waals surface area contributed by atoms with Crippen LogP contribution in [-0.4, -0.2) is 62.2 Å². The Kier molecular flexibility index (Phi) is 6.11. The topological polar surface area (TPSA) is 51.2 Å². The van der Waals surface area contributed by atoms with Crippen LogP contribution in [0.15, 0.2) is 24.3 Å². The highest BCUT2D eigenvalue weighted by atomic mass is 16.5. The van der Waals surface area contributed by atoms with Gasteiger partial charge in [0.25, 0.3) is 0 Å². The molecular weight excluding hydrogens is 258 g/mol. The molecule has 0 bridgehead atoms. The molecule has 0 spiro atoms. The summed E-state index contributed by atoms with van der Waals surface area (Å²) < 4.78 is 16.2. The molecule has 1 N–H and O–H groups in total. The van der Waals surface area contributed by atoms with Gasteiger partial charge >= 0.3 is 0 Å². The van der Waals surface area contributed by atoms with Crippen molar-refractivity contribution in [3.63, 3.8) is 0 Å². The molecule has 1 heterocycles. The second kappa shape index (κ2) is 8.09. The predicted octanol–water partition coefficient (Wildman–Crippen LogP) is 1.16. The molecule has 0 aliphatic carbocycles. The Labute approximate surface area is 120 Å². The Morgan fingerprint density at radius 2 is 1.75 bits per heavy atom. The van der Waals surface area contributed by atoms with Crippen LogP contribution in [-0.2, 0) is 4.74 Å². The molecule has 1 aliphatic heterocycles. The SMILES string of the molecule is CCOc1ccc(OC[C@@H](O)CN2CCOCC2)cc1. The lowest BCUT2D eigenvalue weighted by Gasteiger charge is -2.28. The third kappa shape index (κ3) is 5.00. The fourth-order valence-corrected chi connectivity index (χ4v) is 2.13. The highest BCUT2D eigenvalue weighted by Gasteiger charge is 2.15. The summed E-state index contributed by atoms with van der Waals surface area (Å²) in [6, 6.07) is 7.44. The van der Waals surface area contributed by atoms with Crippen LogP contribution in [0.3, 0.4) is 0 Å². The molecule has 0 saturated carbocycles. The molecule has 5 heteroatoms. The van der Waals surface area contributed by atoms with Gasteiger partial charge in [-0.05, 0) is 31.2 Å². The van der Waals surface area contributed by atoms with Crippen LogP contribution < -0.4 is 9.47 Å². The summed E-state index contributed by atoms with van der Waals surface area (Å²) >= 11 is 0. The van der Waals surface area contributed by atoms with E-state index in [4.69, 9.17) is 14.2 Å². The van der Waals surface area contributed by atoms with Gasteiger partial charge in [0.1, 0.15) is 24.2 Å². The summed E-state index contributed by atoms with van der Waals surface area (Å²) in [5.74, 6) is 1.57. The van der Waals surface area contributed by atoms with Crippen molar-refractivity contribution in [3.05, 3.63) is 24.3 Å². The molecule has 1 aromatic carbocycles. The number of hydrogen-bond acceptors (Lipinski definition) is 5. The summed E-state index contributed by atoms with van der Waals surface area (Å²) in [5.41, 5.74) is 0. The molecule has 1 atom stereocenters. The Morgan fingerprint density at radius 3 is 2.35 bits per heavy atom. The zero-order valence-corrected chi connectivity index (χ0v) is 12.0.